The minimum Gasteiger partial charge on any atom is -0.504 e. The number of phenols is 4. The maximum atomic E-state index is 9.60. The fourth-order valence-electron chi connectivity index (χ4n) is 2.72. The molecule has 4 nitrogen and oxygen atoms in total. The number of benzene rings is 4. The van der Waals surface area contributed by atoms with Gasteiger partial charge < -0.3 is 20.4 Å². The lowest BCUT2D eigenvalue weighted by Gasteiger charge is -2.05. The maximum absolute atomic E-state index is 9.60. The van der Waals surface area contributed by atoms with Gasteiger partial charge >= 0.3 is 0 Å². The van der Waals surface area contributed by atoms with E-state index < -0.39 is 0 Å². The Kier molecular flexibility index (Phi) is 5.82. The van der Waals surface area contributed by atoms with Gasteiger partial charge in [0.25, 0.3) is 0 Å². The van der Waals surface area contributed by atoms with E-state index in [1.165, 1.54) is 12.1 Å². The minimum atomic E-state index is -0.0929. The van der Waals surface area contributed by atoms with Crippen LogP contribution in [0.3, 0.4) is 0 Å². The number of para-hydroxylation sites is 1. The largest absolute Gasteiger partial charge is 0.504 e. The van der Waals surface area contributed by atoms with Crippen molar-refractivity contribution in [2.75, 3.05) is 0 Å². The second kappa shape index (κ2) is 8.64. The van der Waals surface area contributed by atoms with Gasteiger partial charge in [-0.3, -0.25) is 0 Å². The van der Waals surface area contributed by atoms with Crippen molar-refractivity contribution >= 4 is 0 Å². The molecule has 0 bridgehead atoms. The van der Waals surface area contributed by atoms with E-state index in [0.29, 0.717) is 5.56 Å². The third kappa shape index (κ3) is 4.43. The summed E-state index contributed by atoms with van der Waals surface area (Å²) in [6.45, 7) is 0. The van der Waals surface area contributed by atoms with Crippen LogP contribution >= 0.6 is 0 Å². The Morgan fingerprint density at radius 1 is 0.393 bits per heavy atom. The smallest absolute Gasteiger partial charge is 0.165 e. The summed E-state index contributed by atoms with van der Waals surface area (Å²) in [5.74, 6) is -0.346. The van der Waals surface area contributed by atoms with Gasteiger partial charge in [-0.25, -0.2) is 0 Å². The fraction of sp³-hybridized carbons (Fsp3) is 0. The van der Waals surface area contributed by atoms with Crippen LogP contribution in [0.1, 0.15) is 0 Å². The molecule has 0 unspecified atom stereocenters. The summed E-state index contributed by atoms with van der Waals surface area (Å²) in [6.07, 6.45) is 0. The van der Waals surface area contributed by atoms with Gasteiger partial charge in [0.2, 0.25) is 0 Å². The van der Waals surface area contributed by atoms with Gasteiger partial charge in [0.1, 0.15) is 0 Å². The predicted octanol–water partition coefficient (Wildman–Crippen LogP) is 5.53. The summed E-state index contributed by atoms with van der Waals surface area (Å²) in [6, 6.07) is 28.9. The molecule has 0 fully saturated rings. The van der Waals surface area contributed by atoms with E-state index in [9.17, 15) is 15.3 Å². The monoisotopic (exact) mass is 372 g/mol. The molecule has 28 heavy (non-hydrogen) atoms. The average Bonchev–Trinajstić information content (AvgIpc) is 2.74. The Balaban J connectivity index is 0.000000161. The molecule has 0 atom stereocenters. The first kappa shape index (κ1) is 18.9. The number of phenolic OH excluding ortho intramolecular Hbond substituents is 4. The number of hydrogen-bond acceptors (Lipinski definition) is 4. The zero-order valence-electron chi connectivity index (χ0n) is 15.0. The lowest BCUT2D eigenvalue weighted by Crippen LogP contribution is -1.78. The van der Waals surface area contributed by atoms with Crippen molar-refractivity contribution in [1.29, 1.82) is 0 Å². The molecule has 0 saturated heterocycles. The Hall–Kier alpha value is -3.92. The van der Waals surface area contributed by atoms with E-state index in [-0.39, 0.29) is 23.0 Å². The van der Waals surface area contributed by atoms with Crippen molar-refractivity contribution in [1.82, 2.24) is 0 Å². The van der Waals surface area contributed by atoms with Gasteiger partial charge in [-0.1, -0.05) is 78.9 Å². The van der Waals surface area contributed by atoms with Crippen molar-refractivity contribution in [2.24, 2.45) is 0 Å². The van der Waals surface area contributed by atoms with E-state index in [2.05, 4.69) is 0 Å². The molecule has 0 aliphatic carbocycles. The van der Waals surface area contributed by atoms with Crippen LogP contribution in [0, 0.1) is 0 Å². The van der Waals surface area contributed by atoms with E-state index in [0.717, 1.165) is 16.7 Å². The maximum Gasteiger partial charge on any atom is 0.165 e. The summed E-state index contributed by atoms with van der Waals surface area (Å²) in [4.78, 5) is 0. The summed E-state index contributed by atoms with van der Waals surface area (Å²) in [5, 5.41) is 37.4. The molecular formula is C24H20O4. The van der Waals surface area contributed by atoms with Crippen LogP contribution in [0.25, 0.3) is 22.3 Å². The van der Waals surface area contributed by atoms with Crippen molar-refractivity contribution in [2.45, 2.75) is 0 Å². The van der Waals surface area contributed by atoms with Gasteiger partial charge in [0.15, 0.2) is 23.0 Å². The first-order valence-corrected chi connectivity index (χ1v) is 8.70. The van der Waals surface area contributed by atoms with E-state index in [4.69, 9.17) is 5.11 Å². The normalized spacial score (nSPS) is 10.0. The van der Waals surface area contributed by atoms with Crippen molar-refractivity contribution in [3.8, 4) is 45.3 Å². The van der Waals surface area contributed by atoms with Crippen LogP contribution in [0.2, 0.25) is 0 Å². The summed E-state index contributed by atoms with van der Waals surface area (Å²) in [5.41, 5.74) is 3.44. The molecule has 0 saturated carbocycles. The molecule has 0 amide bonds. The molecule has 0 radical (unpaired) electrons. The van der Waals surface area contributed by atoms with E-state index >= 15 is 0 Å². The van der Waals surface area contributed by atoms with Crippen LogP contribution in [0.5, 0.6) is 23.0 Å². The minimum absolute atomic E-state index is 0.0706. The second-order valence-electron chi connectivity index (χ2n) is 6.11. The molecule has 4 heteroatoms. The molecule has 0 heterocycles. The highest BCUT2D eigenvalue weighted by Gasteiger charge is 2.06. The third-order valence-electron chi connectivity index (χ3n) is 4.18. The SMILES string of the molecule is Oc1ccc(-c2ccccc2)cc1O.Oc1cccc(-c2ccccc2)c1O. The lowest BCUT2D eigenvalue weighted by molar-refractivity contribution is 0.404. The van der Waals surface area contributed by atoms with Crippen LogP contribution in [0.4, 0.5) is 0 Å². The summed E-state index contributed by atoms with van der Waals surface area (Å²) >= 11 is 0. The van der Waals surface area contributed by atoms with Gasteiger partial charge in [-0.15, -0.1) is 0 Å². The zero-order chi connectivity index (χ0) is 19.9. The molecule has 140 valence electrons. The summed E-state index contributed by atoms with van der Waals surface area (Å²) in [7, 11) is 0. The standard InChI is InChI=1S/2C12H10O2/c13-11-8-4-7-10(12(11)14)9-5-2-1-3-6-9;13-11-7-6-10(8-12(11)14)9-4-2-1-3-5-9/h2*1-8,13-14H. The highest BCUT2D eigenvalue weighted by Crippen LogP contribution is 2.35. The topological polar surface area (TPSA) is 80.9 Å². The van der Waals surface area contributed by atoms with Crippen LogP contribution < -0.4 is 0 Å². The molecule has 4 N–H and O–H groups in total. The summed E-state index contributed by atoms with van der Waals surface area (Å²) < 4.78 is 0. The first-order chi connectivity index (χ1) is 13.6. The van der Waals surface area contributed by atoms with Crippen molar-refractivity contribution in [3.05, 3.63) is 97.1 Å². The predicted molar refractivity (Wildman–Crippen MR) is 110 cm³/mol. The van der Waals surface area contributed by atoms with Gasteiger partial charge in [0, 0.05) is 5.56 Å². The fourth-order valence-corrected chi connectivity index (χ4v) is 2.72. The lowest BCUT2D eigenvalue weighted by atomic mass is 10.0. The van der Waals surface area contributed by atoms with Crippen LogP contribution in [-0.2, 0) is 0 Å². The number of hydrogen-bond donors (Lipinski definition) is 4. The van der Waals surface area contributed by atoms with Crippen LogP contribution in [0.15, 0.2) is 97.1 Å². The molecule has 4 aromatic rings. The molecule has 0 aliphatic rings. The van der Waals surface area contributed by atoms with Crippen molar-refractivity contribution in [3.63, 3.8) is 0 Å². The number of aromatic hydroxyl groups is 4. The quantitative estimate of drug-likeness (QED) is 0.349. The Bertz CT molecular complexity index is 1040. The van der Waals surface area contributed by atoms with E-state index in [1.54, 1.807) is 24.3 Å². The molecule has 4 aromatic carbocycles. The molecule has 0 aromatic heterocycles. The Morgan fingerprint density at radius 3 is 1.61 bits per heavy atom. The van der Waals surface area contributed by atoms with Gasteiger partial charge in [0.05, 0.1) is 0 Å². The van der Waals surface area contributed by atoms with E-state index in [1.807, 2.05) is 60.7 Å². The van der Waals surface area contributed by atoms with Gasteiger partial charge in [-0.2, -0.15) is 0 Å². The zero-order valence-corrected chi connectivity index (χ0v) is 15.0. The molecule has 4 rings (SSSR count). The van der Waals surface area contributed by atoms with Gasteiger partial charge in [-0.05, 0) is 34.9 Å². The molecule has 0 aliphatic heterocycles. The first-order valence-electron chi connectivity index (χ1n) is 8.70. The number of rotatable bonds is 2. The Labute approximate surface area is 163 Å². The molecular weight excluding hydrogens is 352 g/mol. The average molecular weight is 372 g/mol. The van der Waals surface area contributed by atoms with Crippen molar-refractivity contribution < 1.29 is 20.4 Å². The Morgan fingerprint density at radius 2 is 1.00 bits per heavy atom. The highest BCUT2D eigenvalue weighted by molar-refractivity contribution is 5.72. The highest BCUT2D eigenvalue weighted by atomic mass is 16.3. The third-order valence-corrected chi connectivity index (χ3v) is 4.18. The van der Waals surface area contributed by atoms with Crippen LogP contribution in [-0.4, -0.2) is 20.4 Å². The molecule has 0 spiro atoms. The second-order valence-corrected chi connectivity index (χ2v) is 6.11.